The molecule has 2 nitrogen and oxygen atoms in total. The summed E-state index contributed by atoms with van der Waals surface area (Å²) in [5.74, 6) is 0. The molecule has 1 aromatic carbocycles. The van der Waals surface area contributed by atoms with Crippen LogP contribution in [0, 0.1) is 6.92 Å². The van der Waals surface area contributed by atoms with Gasteiger partial charge in [0.15, 0.2) is 0 Å². The van der Waals surface area contributed by atoms with Crippen LogP contribution in [0.3, 0.4) is 0 Å². The predicted octanol–water partition coefficient (Wildman–Crippen LogP) is 5.34. The molecule has 24 heavy (non-hydrogen) atoms. The Balaban J connectivity index is 2.08. The molecule has 0 saturated carbocycles. The predicted molar refractivity (Wildman–Crippen MR) is 106 cm³/mol. The van der Waals surface area contributed by atoms with E-state index in [1.54, 1.807) is 11.9 Å². The van der Waals surface area contributed by atoms with Crippen molar-refractivity contribution in [1.29, 1.82) is 0 Å². The molecule has 1 aromatic rings. The van der Waals surface area contributed by atoms with Crippen LogP contribution in [0.2, 0.25) is 0 Å². The largest absolute Gasteiger partial charge is 0.397 e. The molecular weight excluding hydrogens is 312 g/mol. The van der Waals surface area contributed by atoms with Gasteiger partial charge in [-0.2, -0.15) is 0 Å². The number of hydrogen-bond donors (Lipinski definition) is 2. The van der Waals surface area contributed by atoms with Gasteiger partial charge in [0, 0.05) is 4.90 Å². The van der Waals surface area contributed by atoms with E-state index in [9.17, 15) is 0 Å². The second-order valence-electron chi connectivity index (χ2n) is 5.48. The Kier molecular flexibility index (Phi) is 7.24. The number of benzene rings is 1. The number of rotatable bonds is 6. The molecule has 0 spiro atoms. The molecular formula is C21H24N2S. The first-order valence-electron chi connectivity index (χ1n) is 8.01. The maximum Gasteiger partial charge on any atom is 0.0675 e. The topological polar surface area (TPSA) is 38.0 Å². The third-order valence-electron chi connectivity index (χ3n) is 3.45. The normalized spacial score (nSPS) is 17.0. The quantitative estimate of drug-likeness (QED) is 0.544. The second-order valence-corrected chi connectivity index (χ2v) is 6.36. The van der Waals surface area contributed by atoms with E-state index in [0.29, 0.717) is 5.70 Å². The summed E-state index contributed by atoms with van der Waals surface area (Å²) in [6, 6.07) is 8.40. The van der Waals surface area contributed by atoms with Gasteiger partial charge in [0.1, 0.15) is 0 Å². The summed E-state index contributed by atoms with van der Waals surface area (Å²) in [7, 11) is 0. The molecule has 0 aliphatic heterocycles. The van der Waals surface area contributed by atoms with E-state index in [4.69, 9.17) is 5.73 Å². The molecule has 2 rings (SSSR count). The van der Waals surface area contributed by atoms with E-state index in [1.165, 1.54) is 11.1 Å². The molecule has 0 fully saturated rings. The van der Waals surface area contributed by atoms with Gasteiger partial charge in [-0.1, -0.05) is 60.2 Å². The van der Waals surface area contributed by atoms with Gasteiger partial charge in [-0.3, -0.25) is 0 Å². The fourth-order valence-electron chi connectivity index (χ4n) is 2.04. The van der Waals surface area contributed by atoms with E-state index in [2.05, 4.69) is 60.2 Å². The maximum absolute atomic E-state index is 6.26. The van der Waals surface area contributed by atoms with Gasteiger partial charge >= 0.3 is 0 Å². The van der Waals surface area contributed by atoms with E-state index >= 15 is 0 Å². The lowest BCUT2D eigenvalue weighted by atomic mass is 10.1. The number of nitrogens with two attached hydrogens (primary N) is 1. The van der Waals surface area contributed by atoms with Crippen LogP contribution in [0.1, 0.15) is 18.9 Å². The Morgan fingerprint density at radius 3 is 2.62 bits per heavy atom. The minimum atomic E-state index is 0.711. The summed E-state index contributed by atoms with van der Waals surface area (Å²) in [4.78, 5) is 1.15. The average Bonchev–Trinajstić information content (AvgIpc) is 2.62. The highest BCUT2D eigenvalue weighted by Crippen LogP contribution is 2.18. The minimum absolute atomic E-state index is 0.711. The van der Waals surface area contributed by atoms with Crippen molar-refractivity contribution in [1.82, 2.24) is 4.72 Å². The first-order valence-corrected chi connectivity index (χ1v) is 8.83. The van der Waals surface area contributed by atoms with Crippen molar-refractivity contribution in [2.45, 2.75) is 25.2 Å². The first-order chi connectivity index (χ1) is 11.7. The lowest BCUT2D eigenvalue weighted by Crippen LogP contribution is -2.12. The molecule has 0 aromatic heterocycles. The van der Waals surface area contributed by atoms with Crippen molar-refractivity contribution in [3.8, 4) is 0 Å². The Hall–Kier alpha value is -2.39. The third-order valence-corrected chi connectivity index (χ3v) is 4.28. The fourth-order valence-corrected chi connectivity index (χ4v) is 2.73. The molecule has 1 aliphatic carbocycles. The van der Waals surface area contributed by atoms with Crippen LogP contribution in [0.4, 0.5) is 0 Å². The molecule has 0 radical (unpaired) electrons. The minimum Gasteiger partial charge on any atom is -0.397 e. The Morgan fingerprint density at radius 1 is 1.17 bits per heavy atom. The van der Waals surface area contributed by atoms with Crippen LogP contribution in [-0.4, -0.2) is 0 Å². The summed E-state index contributed by atoms with van der Waals surface area (Å²) < 4.78 is 3.35. The van der Waals surface area contributed by atoms with Crippen molar-refractivity contribution in [3.05, 3.63) is 101 Å². The number of nitrogens with one attached hydrogen (secondary N) is 1. The molecule has 124 valence electrons. The van der Waals surface area contributed by atoms with Gasteiger partial charge in [0.2, 0.25) is 0 Å². The Morgan fingerprint density at radius 2 is 1.96 bits per heavy atom. The van der Waals surface area contributed by atoms with Crippen molar-refractivity contribution in [2.24, 2.45) is 5.73 Å². The average molecular weight is 337 g/mol. The van der Waals surface area contributed by atoms with Gasteiger partial charge in [-0.05, 0) is 62.1 Å². The summed E-state index contributed by atoms with van der Waals surface area (Å²) in [6.45, 7) is 4.07. The zero-order chi connectivity index (χ0) is 17.2. The van der Waals surface area contributed by atoms with Crippen LogP contribution >= 0.6 is 11.9 Å². The van der Waals surface area contributed by atoms with Gasteiger partial charge in [0.25, 0.3) is 0 Å². The van der Waals surface area contributed by atoms with Crippen LogP contribution in [0.5, 0.6) is 0 Å². The molecule has 3 heteroatoms. The third kappa shape index (κ3) is 6.01. The molecule has 0 bridgehead atoms. The monoisotopic (exact) mass is 336 g/mol. The van der Waals surface area contributed by atoms with E-state index in [1.807, 2.05) is 37.3 Å². The molecule has 0 heterocycles. The summed E-state index contributed by atoms with van der Waals surface area (Å²) >= 11 is 1.56. The highest BCUT2D eigenvalue weighted by Gasteiger charge is 2.01. The van der Waals surface area contributed by atoms with Gasteiger partial charge in [0.05, 0.1) is 11.4 Å². The number of aryl methyl sites for hydroxylation is 1. The second kappa shape index (κ2) is 9.68. The van der Waals surface area contributed by atoms with E-state index < -0.39 is 0 Å². The summed E-state index contributed by atoms with van der Waals surface area (Å²) in [5.41, 5.74) is 10.4. The molecule has 1 aliphatic rings. The molecule has 0 unspecified atom stereocenters. The van der Waals surface area contributed by atoms with Crippen LogP contribution in [0.25, 0.3) is 0 Å². The van der Waals surface area contributed by atoms with Gasteiger partial charge in [-0.25, -0.2) is 0 Å². The zero-order valence-electron chi connectivity index (χ0n) is 14.2. The van der Waals surface area contributed by atoms with Crippen LogP contribution in [-0.2, 0) is 0 Å². The van der Waals surface area contributed by atoms with Crippen molar-refractivity contribution in [3.63, 3.8) is 0 Å². The van der Waals surface area contributed by atoms with Gasteiger partial charge < -0.3 is 10.5 Å². The van der Waals surface area contributed by atoms with Crippen molar-refractivity contribution >= 4 is 11.9 Å². The summed E-state index contributed by atoms with van der Waals surface area (Å²) in [6.07, 6.45) is 19.3. The Labute approximate surface area is 149 Å². The lowest BCUT2D eigenvalue weighted by molar-refractivity contribution is 1.16. The summed E-state index contributed by atoms with van der Waals surface area (Å²) in [5, 5.41) is 0. The van der Waals surface area contributed by atoms with Gasteiger partial charge in [-0.15, -0.1) is 0 Å². The number of hydrogen-bond acceptors (Lipinski definition) is 3. The van der Waals surface area contributed by atoms with E-state index in [0.717, 1.165) is 17.0 Å². The standard InChI is InChI=1S/C21H24N2S/c1-3-4-10-21(23-24-19-14-11-17(2)12-15-19)20(22)16-13-18-8-6-5-7-9-18/h3-8,10-16,23H,9,22H2,1-2H3/b4-3-,18-13-,20-16-,21-10+. The zero-order valence-corrected chi connectivity index (χ0v) is 15.0. The molecule has 3 N–H and O–H groups in total. The molecule has 0 atom stereocenters. The maximum atomic E-state index is 6.26. The molecule has 0 amide bonds. The lowest BCUT2D eigenvalue weighted by Gasteiger charge is -2.10. The number of allylic oxidation sites excluding steroid dienone is 10. The highest BCUT2D eigenvalue weighted by molar-refractivity contribution is 7.97. The van der Waals surface area contributed by atoms with E-state index in [-0.39, 0.29) is 0 Å². The van der Waals surface area contributed by atoms with Crippen LogP contribution in [0.15, 0.2) is 101 Å². The smallest absolute Gasteiger partial charge is 0.0675 e. The first kappa shape index (κ1) is 18.0. The highest BCUT2D eigenvalue weighted by atomic mass is 32.2. The van der Waals surface area contributed by atoms with Crippen LogP contribution < -0.4 is 10.5 Å². The Bertz CT molecular complexity index is 717. The van der Waals surface area contributed by atoms with Crippen molar-refractivity contribution in [2.75, 3.05) is 0 Å². The molecule has 0 saturated heterocycles. The SMILES string of the molecule is C\C=C/C=C(NSc1ccc(C)cc1)\C(N)=C\C=C1\C=CC=CC1. The fraction of sp³-hybridized carbons (Fsp3) is 0.143. The van der Waals surface area contributed by atoms with Crippen molar-refractivity contribution < 1.29 is 0 Å².